The zero-order chi connectivity index (χ0) is 11.6. The van der Waals surface area contributed by atoms with Crippen LogP contribution in [0.5, 0.6) is 0 Å². The molecule has 1 aliphatic rings. The van der Waals surface area contributed by atoms with Crippen LogP contribution >= 0.6 is 0 Å². The van der Waals surface area contributed by atoms with Crippen LogP contribution in [-0.2, 0) is 0 Å². The van der Waals surface area contributed by atoms with E-state index in [9.17, 15) is 0 Å². The lowest BCUT2D eigenvalue weighted by molar-refractivity contribution is 0.320. The van der Waals surface area contributed by atoms with Gasteiger partial charge in [0, 0.05) is 0 Å². The van der Waals surface area contributed by atoms with E-state index < -0.39 is 0 Å². The first-order valence-electron chi connectivity index (χ1n) is 6.04. The van der Waals surface area contributed by atoms with Crippen LogP contribution in [0, 0.1) is 11.3 Å². The van der Waals surface area contributed by atoms with Gasteiger partial charge < -0.3 is 0 Å². The van der Waals surface area contributed by atoms with Crippen molar-refractivity contribution in [3.63, 3.8) is 0 Å². The highest BCUT2D eigenvalue weighted by Crippen LogP contribution is 2.29. The topological polar surface area (TPSA) is 0 Å². The monoisotopic (exact) mass is 198 g/mol. The van der Waals surface area contributed by atoms with E-state index in [4.69, 9.17) is 0 Å². The van der Waals surface area contributed by atoms with E-state index >= 15 is 0 Å². The van der Waals surface area contributed by atoms with Crippen LogP contribution in [0.3, 0.4) is 0 Å². The molecule has 0 unspecified atom stereocenters. The Morgan fingerprint density at radius 1 is 1.14 bits per heavy atom. The van der Waals surface area contributed by atoms with Crippen molar-refractivity contribution >= 4 is 0 Å². The Labute approximate surface area is 91.8 Å². The van der Waals surface area contributed by atoms with Crippen molar-refractivity contribution in [3.8, 4) is 0 Å². The van der Waals surface area contributed by atoms with E-state index in [-0.39, 0.29) is 0 Å². The summed E-state index contributed by atoms with van der Waals surface area (Å²) in [7, 11) is 0. The van der Waals surface area contributed by atoms with Crippen LogP contribution in [0.15, 0.2) is 12.7 Å². The van der Waals surface area contributed by atoms with Crippen molar-refractivity contribution in [2.75, 3.05) is 0 Å². The summed E-state index contributed by atoms with van der Waals surface area (Å²) < 4.78 is 0. The predicted molar refractivity (Wildman–Crippen MR) is 68.6 cm³/mol. The number of allylic oxidation sites excluding steroid dienone is 1. The molecule has 14 heavy (non-hydrogen) atoms. The van der Waals surface area contributed by atoms with Gasteiger partial charge in [-0.3, -0.25) is 0 Å². The van der Waals surface area contributed by atoms with Crippen LogP contribution in [0.25, 0.3) is 0 Å². The molecule has 1 saturated carbocycles. The highest BCUT2D eigenvalue weighted by Gasteiger charge is 2.14. The Morgan fingerprint density at radius 2 is 1.50 bits per heavy atom. The Balaban J connectivity index is 0. The van der Waals surface area contributed by atoms with Crippen molar-refractivity contribution in [3.05, 3.63) is 12.7 Å². The van der Waals surface area contributed by atoms with Gasteiger partial charge in [-0.25, -0.2) is 0 Å². The standard InChI is InChI=1S/C7H12.C5H12.C2H6/c1-2-4-7-5-3-6-7;1-5(2,3)4;1-2/h2,7H,1,3-6H2;1-4H3;1-2H3. The van der Waals surface area contributed by atoms with Gasteiger partial charge in [0.25, 0.3) is 0 Å². The molecule has 0 heterocycles. The highest BCUT2D eigenvalue weighted by molar-refractivity contribution is 4.78. The van der Waals surface area contributed by atoms with Crippen molar-refractivity contribution < 1.29 is 0 Å². The summed E-state index contributed by atoms with van der Waals surface area (Å²) in [5, 5.41) is 0. The Kier molecular flexibility index (Phi) is 10.7. The lowest BCUT2D eigenvalue weighted by atomic mass is 9.83. The van der Waals surface area contributed by atoms with Crippen LogP contribution in [-0.4, -0.2) is 0 Å². The Morgan fingerprint density at radius 3 is 1.57 bits per heavy atom. The number of hydrogen-bond donors (Lipinski definition) is 0. The maximum absolute atomic E-state index is 3.68. The summed E-state index contributed by atoms with van der Waals surface area (Å²) >= 11 is 0. The summed E-state index contributed by atoms with van der Waals surface area (Å²) in [5.74, 6) is 1.01. The van der Waals surface area contributed by atoms with Crippen molar-refractivity contribution in [1.29, 1.82) is 0 Å². The van der Waals surface area contributed by atoms with Crippen LogP contribution in [0.1, 0.15) is 67.2 Å². The molecular weight excluding hydrogens is 168 g/mol. The molecule has 1 rings (SSSR count). The average molecular weight is 198 g/mol. The van der Waals surface area contributed by atoms with Crippen molar-refractivity contribution in [2.24, 2.45) is 11.3 Å². The van der Waals surface area contributed by atoms with Gasteiger partial charge in [0.1, 0.15) is 0 Å². The summed E-state index contributed by atoms with van der Waals surface area (Å²) in [6.45, 7) is 16.4. The van der Waals surface area contributed by atoms with Gasteiger partial charge in [0.05, 0.1) is 0 Å². The van der Waals surface area contributed by atoms with Gasteiger partial charge in [0.2, 0.25) is 0 Å². The summed E-state index contributed by atoms with van der Waals surface area (Å²) in [6.07, 6.45) is 7.64. The highest BCUT2D eigenvalue weighted by atomic mass is 14.2. The second-order valence-corrected chi connectivity index (χ2v) is 5.32. The van der Waals surface area contributed by atoms with E-state index in [1.54, 1.807) is 0 Å². The molecule has 86 valence electrons. The molecule has 0 nitrogen and oxygen atoms in total. The molecule has 1 aliphatic carbocycles. The third-order valence-corrected chi connectivity index (χ3v) is 1.72. The van der Waals surface area contributed by atoms with Gasteiger partial charge in [-0.1, -0.05) is 66.9 Å². The molecule has 0 spiro atoms. The van der Waals surface area contributed by atoms with Crippen LogP contribution in [0.2, 0.25) is 0 Å². The van der Waals surface area contributed by atoms with E-state index in [0.29, 0.717) is 5.41 Å². The van der Waals surface area contributed by atoms with Gasteiger partial charge in [-0.15, -0.1) is 6.58 Å². The average Bonchev–Trinajstić information content (AvgIpc) is 1.98. The Bertz CT molecular complexity index is 106. The van der Waals surface area contributed by atoms with Gasteiger partial charge in [-0.05, 0) is 17.8 Å². The van der Waals surface area contributed by atoms with Gasteiger partial charge >= 0.3 is 0 Å². The number of rotatable bonds is 2. The minimum absolute atomic E-state index is 0.500. The minimum Gasteiger partial charge on any atom is -0.103 e. The zero-order valence-electron chi connectivity index (χ0n) is 11.2. The molecule has 0 bridgehead atoms. The molecule has 0 aromatic carbocycles. The van der Waals surface area contributed by atoms with E-state index in [0.717, 1.165) is 5.92 Å². The quantitative estimate of drug-likeness (QED) is 0.518. The second-order valence-electron chi connectivity index (χ2n) is 5.32. The Hall–Kier alpha value is -0.260. The largest absolute Gasteiger partial charge is 0.103 e. The van der Waals surface area contributed by atoms with E-state index in [2.05, 4.69) is 34.3 Å². The fourth-order valence-corrected chi connectivity index (χ4v) is 0.964. The first-order valence-corrected chi connectivity index (χ1v) is 6.04. The third kappa shape index (κ3) is 17.7. The second kappa shape index (κ2) is 9.30. The fourth-order valence-electron chi connectivity index (χ4n) is 0.964. The lowest BCUT2D eigenvalue weighted by Crippen LogP contribution is -2.08. The van der Waals surface area contributed by atoms with Gasteiger partial charge in [-0.2, -0.15) is 0 Å². The first kappa shape index (κ1) is 16.2. The molecule has 0 radical (unpaired) electrons. The van der Waals surface area contributed by atoms with E-state index in [1.165, 1.54) is 25.7 Å². The zero-order valence-corrected chi connectivity index (χ0v) is 11.2. The van der Waals surface area contributed by atoms with Crippen LogP contribution in [0.4, 0.5) is 0 Å². The first-order chi connectivity index (χ1) is 6.43. The molecule has 0 aromatic rings. The van der Waals surface area contributed by atoms with E-state index in [1.807, 2.05) is 19.9 Å². The van der Waals surface area contributed by atoms with Crippen molar-refractivity contribution in [1.82, 2.24) is 0 Å². The van der Waals surface area contributed by atoms with Crippen molar-refractivity contribution in [2.45, 2.75) is 67.2 Å². The maximum Gasteiger partial charge on any atom is -0.0325 e. The molecule has 0 atom stereocenters. The molecule has 0 N–H and O–H groups in total. The molecule has 0 aromatic heterocycles. The molecule has 1 fully saturated rings. The fraction of sp³-hybridized carbons (Fsp3) is 0.857. The minimum atomic E-state index is 0.500. The maximum atomic E-state index is 3.68. The molecule has 0 heteroatoms. The summed E-state index contributed by atoms with van der Waals surface area (Å²) in [5.41, 5.74) is 0.500. The third-order valence-electron chi connectivity index (χ3n) is 1.72. The smallest absolute Gasteiger partial charge is 0.0325 e. The summed E-state index contributed by atoms with van der Waals surface area (Å²) in [4.78, 5) is 0. The van der Waals surface area contributed by atoms with Gasteiger partial charge in [0.15, 0.2) is 0 Å². The number of hydrogen-bond acceptors (Lipinski definition) is 0. The summed E-state index contributed by atoms with van der Waals surface area (Å²) in [6, 6.07) is 0. The predicted octanol–water partition coefficient (Wildman–Crippen LogP) is 5.44. The lowest BCUT2D eigenvalue weighted by Gasteiger charge is -2.23. The molecule has 0 amide bonds. The SMILES string of the molecule is C=CCC1CCC1.CC.CC(C)(C)C. The van der Waals surface area contributed by atoms with Crippen LogP contribution < -0.4 is 0 Å². The molecule has 0 saturated heterocycles. The molecular formula is C14H30. The normalized spacial score (nSPS) is 15.3. The molecule has 0 aliphatic heterocycles.